The molecule has 0 aromatic heterocycles. The number of benzene rings is 1. The number of aromatic hydroxyl groups is 1. The van der Waals surface area contributed by atoms with E-state index in [1.807, 2.05) is 0 Å². The maximum atomic E-state index is 13.3. The molecule has 0 aliphatic heterocycles. The second-order valence-corrected chi connectivity index (χ2v) is 3.58. The maximum Gasteiger partial charge on any atom is 0.258 e. The Hall–Kier alpha value is -1.88. The lowest BCUT2D eigenvalue weighted by Crippen LogP contribution is -2.28. The van der Waals surface area contributed by atoms with Crippen molar-refractivity contribution in [3.05, 3.63) is 42.2 Å². The number of carbonyl (C=O) groups excluding carboxylic acids is 1. The molecule has 4 nitrogen and oxygen atoms in total. The highest BCUT2D eigenvalue weighted by Crippen LogP contribution is 2.19. The average molecular weight is 253 g/mol. The number of hydrogen-bond donors (Lipinski definition) is 2. The summed E-state index contributed by atoms with van der Waals surface area (Å²) in [5.74, 6) is -1.78. The van der Waals surface area contributed by atoms with Gasteiger partial charge in [0.1, 0.15) is 17.1 Å². The number of amides is 1. The van der Waals surface area contributed by atoms with Crippen molar-refractivity contribution in [3.8, 4) is 5.75 Å². The van der Waals surface area contributed by atoms with E-state index in [9.17, 15) is 14.3 Å². The van der Waals surface area contributed by atoms with Crippen LogP contribution < -0.4 is 5.32 Å². The molecule has 18 heavy (non-hydrogen) atoms. The van der Waals surface area contributed by atoms with Crippen molar-refractivity contribution in [2.24, 2.45) is 0 Å². The summed E-state index contributed by atoms with van der Waals surface area (Å²) in [6.45, 7) is 4.66. The van der Waals surface area contributed by atoms with Gasteiger partial charge in [0, 0.05) is 6.54 Å². The fourth-order valence-corrected chi connectivity index (χ4v) is 1.33. The van der Waals surface area contributed by atoms with E-state index in [1.165, 1.54) is 12.1 Å². The smallest absolute Gasteiger partial charge is 0.258 e. The minimum absolute atomic E-state index is 0.254. The molecule has 0 heterocycles. The molecule has 0 saturated carbocycles. The highest BCUT2D eigenvalue weighted by Gasteiger charge is 2.15. The summed E-state index contributed by atoms with van der Waals surface area (Å²) in [5, 5.41) is 11.9. The molecular weight excluding hydrogens is 237 g/mol. The quantitative estimate of drug-likeness (QED) is 0.576. The van der Waals surface area contributed by atoms with Crippen LogP contribution in [0.1, 0.15) is 16.8 Å². The number of nitrogens with one attached hydrogen (secondary N) is 1. The molecule has 0 spiro atoms. The van der Waals surface area contributed by atoms with Gasteiger partial charge in [-0.15, -0.1) is 6.58 Å². The number of phenolic OH excluding ortho intramolecular Hbond substituents is 1. The molecule has 0 aliphatic carbocycles. The van der Waals surface area contributed by atoms with Gasteiger partial charge in [-0.25, -0.2) is 4.39 Å². The van der Waals surface area contributed by atoms with Crippen LogP contribution in [0, 0.1) is 5.82 Å². The van der Waals surface area contributed by atoms with Crippen LogP contribution in [-0.4, -0.2) is 30.8 Å². The predicted molar refractivity (Wildman–Crippen MR) is 66.0 cm³/mol. The second kappa shape index (κ2) is 7.45. The molecule has 1 amide bonds. The van der Waals surface area contributed by atoms with Gasteiger partial charge in [-0.3, -0.25) is 4.79 Å². The van der Waals surface area contributed by atoms with Crippen LogP contribution in [0.2, 0.25) is 0 Å². The summed E-state index contributed by atoms with van der Waals surface area (Å²) in [6.07, 6.45) is 2.47. The topological polar surface area (TPSA) is 58.6 Å². The molecule has 0 atom stereocenters. The predicted octanol–water partition coefficient (Wildman–Crippen LogP) is 1.85. The lowest BCUT2D eigenvalue weighted by molar-refractivity contribution is 0.0911. The molecule has 1 aromatic carbocycles. The van der Waals surface area contributed by atoms with E-state index in [0.717, 1.165) is 12.5 Å². The monoisotopic (exact) mass is 253 g/mol. The van der Waals surface area contributed by atoms with Crippen molar-refractivity contribution >= 4 is 5.91 Å². The van der Waals surface area contributed by atoms with E-state index in [2.05, 4.69) is 11.9 Å². The number of phenols is 1. The van der Waals surface area contributed by atoms with Crippen molar-refractivity contribution in [1.82, 2.24) is 5.32 Å². The van der Waals surface area contributed by atoms with Gasteiger partial charge in [0.05, 0.1) is 13.2 Å². The molecule has 0 aliphatic rings. The van der Waals surface area contributed by atoms with Gasteiger partial charge in [-0.1, -0.05) is 12.1 Å². The standard InChI is InChI=1S/C13H16FNO3/c1-2-3-8-18-9-7-15-13(17)12-10(14)5-4-6-11(12)16/h2,4-6,16H,1,3,7-9H2,(H,15,17). The molecule has 1 rings (SSSR count). The Morgan fingerprint density at radius 1 is 1.50 bits per heavy atom. The molecule has 0 radical (unpaired) electrons. The molecule has 0 saturated heterocycles. The van der Waals surface area contributed by atoms with Gasteiger partial charge >= 0.3 is 0 Å². The Morgan fingerprint density at radius 2 is 2.28 bits per heavy atom. The van der Waals surface area contributed by atoms with Crippen molar-refractivity contribution in [2.75, 3.05) is 19.8 Å². The van der Waals surface area contributed by atoms with E-state index < -0.39 is 11.7 Å². The first kappa shape index (κ1) is 14.2. The third-order valence-corrected chi connectivity index (χ3v) is 2.22. The first-order chi connectivity index (χ1) is 8.66. The van der Waals surface area contributed by atoms with Crippen LogP contribution >= 0.6 is 0 Å². The Bertz CT molecular complexity index is 400. The van der Waals surface area contributed by atoms with E-state index in [4.69, 9.17) is 4.74 Å². The molecule has 0 bridgehead atoms. The van der Waals surface area contributed by atoms with E-state index in [0.29, 0.717) is 13.2 Å². The van der Waals surface area contributed by atoms with E-state index >= 15 is 0 Å². The third kappa shape index (κ3) is 4.18. The van der Waals surface area contributed by atoms with Gasteiger partial charge in [-0.2, -0.15) is 0 Å². The Morgan fingerprint density at radius 3 is 2.94 bits per heavy atom. The number of halogens is 1. The average Bonchev–Trinajstić information content (AvgIpc) is 2.33. The fraction of sp³-hybridized carbons (Fsp3) is 0.308. The summed E-state index contributed by atoms with van der Waals surface area (Å²) in [7, 11) is 0. The minimum atomic E-state index is -0.750. The van der Waals surface area contributed by atoms with Crippen molar-refractivity contribution in [1.29, 1.82) is 0 Å². The largest absolute Gasteiger partial charge is 0.507 e. The molecule has 1 aromatic rings. The Labute approximate surface area is 105 Å². The van der Waals surface area contributed by atoms with Crippen LogP contribution in [-0.2, 0) is 4.74 Å². The van der Waals surface area contributed by atoms with Crippen LogP contribution in [0.5, 0.6) is 5.75 Å². The normalized spacial score (nSPS) is 10.1. The van der Waals surface area contributed by atoms with Crippen LogP contribution in [0.25, 0.3) is 0 Å². The van der Waals surface area contributed by atoms with Gasteiger partial charge in [0.2, 0.25) is 0 Å². The lowest BCUT2D eigenvalue weighted by Gasteiger charge is -2.07. The number of ether oxygens (including phenoxy) is 1. The van der Waals surface area contributed by atoms with Crippen LogP contribution in [0.4, 0.5) is 4.39 Å². The summed E-state index contributed by atoms with van der Waals surface area (Å²) in [6, 6.07) is 3.72. The Balaban J connectivity index is 2.39. The fourth-order valence-electron chi connectivity index (χ4n) is 1.33. The summed E-state index contributed by atoms with van der Waals surface area (Å²) >= 11 is 0. The second-order valence-electron chi connectivity index (χ2n) is 3.58. The van der Waals surface area contributed by atoms with Gasteiger partial charge in [0.25, 0.3) is 5.91 Å². The molecular formula is C13H16FNO3. The molecule has 0 fully saturated rings. The zero-order valence-corrected chi connectivity index (χ0v) is 9.99. The summed E-state index contributed by atoms with van der Waals surface area (Å²) in [4.78, 5) is 11.6. The van der Waals surface area contributed by atoms with Gasteiger partial charge < -0.3 is 15.2 Å². The first-order valence-corrected chi connectivity index (χ1v) is 5.61. The van der Waals surface area contributed by atoms with Crippen LogP contribution in [0.15, 0.2) is 30.9 Å². The maximum absolute atomic E-state index is 13.3. The van der Waals surface area contributed by atoms with Crippen molar-refractivity contribution < 1.29 is 19.0 Å². The first-order valence-electron chi connectivity index (χ1n) is 5.61. The van der Waals surface area contributed by atoms with Crippen LogP contribution in [0.3, 0.4) is 0 Å². The zero-order chi connectivity index (χ0) is 13.4. The lowest BCUT2D eigenvalue weighted by atomic mass is 10.2. The van der Waals surface area contributed by atoms with Gasteiger partial charge in [-0.05, 0) is 18.6 Å². The molecule has 2 N–H and O–H groups in total. The SMILES string of the molecule is C=CCCOCCNC(=O)c1c(O)cccc1F. The Kier molecular flexibility index (Phi) is 5.87. The van der Waals surface area contributed by atoms with Crippen molar-refractivity contribution in [2.45, 2.75) is 6.42 Å². The highest BCUT2D eigenvalue weighted by molar-refractivity contribution is 5.97. The number of rotatable bonds is 7. The number of hydrogen-bond acceptors (Lipinski definition) is 3. The van der Waals surface area contributed by atoms with Gasteiger partial charge in [0.15, 0.2) is 0 Å². The van der Waals surface area contributed by atoms with E-state index in [1.54, 1.807) is 6.08 Å². The number of carbonyl (C=O) groups is 1. The highest BCUT2D eigenvalue weighted by atomic mass is 19.1. The molecule has 98 valence electrons. The van der Waals surface area contributed by atoms with E-state index in [-0.39, 0.29) is 17.9 Å². The van der Waals surface area contributed by atoms with Crippen molar-refractivity contribution in [3.63, 3.8) is 0 Å². The summed E-state index contributed by atoms with van der Waals surface area (Å²) < 4.78 is 18.5. The third-order valence-electron chi connectivity index (χ3n) is 2.22. The minimum Gasteiger partial charge on any atom is -0.507 e. The molecule has 0 unspecified atom stereocenters. The zero-order valence-electron chi connectivity index (χ0n) is 9.99. The molecule has 5 heteroatoms. The summed E-state index contributed by atoms with van der Waals surface area (Å²) in [5.41, 5.74) is -0.344.